The normalized spacial score (nSPS) is 10.6. The van der Waals surface area contributed by atoms with Gasteiger partial charge in [0.15, 0.2) is 18.1 Å². The predicted octanol–water partition coefficient (Wildman–Crippen LogP) is 2.82. The molecule has 0 unspecified atom stereocenters. The molecule has 1 heterocycles. The first-order chi connectivity index (χ1) is 13.9. The molecule has 158 valence electrons. The van der Waals surface area contributed by atoms with E-state index >= 15 is 0 Å². The summed E-state index contributed by atoms with van der Waals surface area (Å²) in [5.74, 6) is 0.0606. The van der Waals surface area contributed by atoms with E-state index in [0.29, 0.717) is 30.2 Å². The first-order valence-electron chi connectivity index (χ1n) is 9.03. The molecule has 29 heavy (non-hydrogen) atoms. The van der Waals surface area contributed by atoms with Crippen LogP contribution in [0.2, 0.25) is 0 Å². The Morgan fingerprint density at radius 1 is 0.862 bits per heavy atom. The fourth-order valence-corrected chi connectivity index (χ4v) is 3.09. The molecule has 8 heteroatoms. The highest BCUT2D eigenvalue weighted by molar-refractivity contribution is 6.01. The molecule has 1 aromatic carbocycles. The zero-order chi connectivity index (χ0) is 21.6. The van der Waals surface area contributed by atoms with Crippen molar-refractivity contribution in [3.8, 4) is 17.2 Å². The summed E-state index contributed by atoms with van der Waals surface area (Å²) in [4.78, 5) is 25.2. The molecule has 0 N–H and O–H groups in total. The minimum absolute atomic E-state index is 0.142. The number of hydrogen-bond acceptors (Lipinski definition) is 7. The zero-order valence-corrected chi connectivity index (χ0v) is 17.7. The molecule has 0 fully saturated rings. The van der Waals surface area contributed by atoms with Crippen LogP contribution in [-0.2, 0) is 16.0 Å². The van der Waals surface area contributed by atoms with Gasteiger partial charge in [-0.05, 0) is 19.9 Å². The maximum atomic E-state index is 12.6. The topological polar surface area (TPSA) is 85.2 Å². The molecule has 0 aliphatic rings. The van der Waals surface area contributed by atoms with Gasteiger partial charge in [0.1, 0.15) is 11.3 Å². The van der Waals surface area contributed by atoms with Crippen molar-refractivity contribution in [3.05, 3.63) is 40.7 Å². The molecule has 0 saturated heterocycles. The van der Waals surface area contributed by atoms with Crippen LogP contribution in [0.15, 0.2) is 18.2 Å². The van der Waals surface area contributed by atoms with Crippen molar-refractivity contribution in [1.29, 1.82) is 0 Å². The number of aromatic nitrogens is 1. The van der Waals surface area contributed by atoms with Crippen molar-refractivity contribution >= 4 is 11.8 Å². The summed E-state index contributed by atoms with van der Waals surface area (Å²) in [5.41, 5.74) is 2.41. The second-order valence-electron chi connectivity index (χ2n) is 6.34. The number of aryl methyl sites for hydroxylation is 1. The molecule has 0 saturated carbocycles. The van der Waals surface area contributed by atoms with Crippen LogP contribution in [0.5, 0.6) is 17.2 Å². The minimum Gasteiger partial charge on any atom is -0.496 e. The number of carbonyl (C=O) groups is 2. The lowest BCUT2D eigenvalue weighted by molar-refractivity contribution is 0.0471. The molecule has 0 atom stereocenters. The van der Waals surface area contributed by atoms with Gasteiger partial charge in [0.25, 0.3) is 0 Å². The number of carbonyl (C=O) groups excluding carboxylic acids is 2. The molecular weight excluding hydrogens is 378 g/mol. The highest BCUT2D eigenvalue weighted by atomic mass is 16.5. The Hall–Kier alpha value is -3.00. The Bertz CT molecular complexity index is 886. The van der Waals surface area contributed by atoms with Crippen molar-refractivity contribution < 1.29 is 33.3 Å². The Morgan fingerprint density at radius 3 is 2.07 bits per heavy atom. The van der Waals surface area contributed by atoms with Crippen LogP contribution in [0.1, 0.15) is 32.1 Å². The quantitative estimate of drug-likeness (QED) is 0.444. The number of ether oxygens (including phenoxy) is 5. The number of methoxy groups -OCH3 is 4. The zero-order valence-electron chi connectivity index (χ0n) is 17.7. The van der Waals surface area contributed by atoms with E-state index in [1.54, 1.807) is 13.2 Å². The molecule has 0 bridgehead atoms. The summed E-state index contributed by atoms with van der Waals surface area (Å²) >= 11 is 0. The van der Waals surface area contributed by atoms with Crippen LogP contribution >= 0.6 is 0 Å². The smallest absolute Gasteiger partial charge is 0.342 e. The molecule has 0 aliphatic carbocycles. The second-order valence-corrected chi connectivity index (χ2v) is 6.34. The lowest BCUT2D eigenvalue weighted by atomic mass is 10.1. The lowest BCUT2D eigenvalue weighted by Crippen LogP contribution is -2.16. The van der Waals surface area contributed by atoms with E-state index in [0.717, 1.165) is 11.4 Å². The third-order valence-corrected chi connectivity index (χ3v) is 4.65. The average Bonchev–Trinajstić information content (AvgIpc) is 3.02. The molecule has 0 radical (unpaired) electrons. The monoisotopic (exact) mass is 405 g/mol. The maximum Gasteiger partial charge on any atom is 0.342 e. The first kappa shape index (κ1) is 22.3. The fraction of sp³-hybridized carbons (Fsp3) is 0.429. The van der Waals surface area contributed by atoms with E-state index in [9.17, 15) is 9.59 Å². The maximum absolute atomic E-state index is 12.6. The second kappa shape index (κ2) is 9.97. The van der Waals surface area contributed by atoms with Crippen LogP contribution in [0, 0.1) is 13.8 Å². The third-order valence-electron chi connectivity index (χ3n) is 4.65. The largest absolute Gasteiger partial charge is 0.496 e. The molecule has 2 rings (SSSR count). The molecule has 0 spiro atoms. The molecule has 2 aromatic rings. The van der Waals surface area contributed by atoms with Crippen molar-refractivity contribution in [2.45, 2.75) is 20.4 Å². The van der Waals surface area contributed by atoms with Gasteiger partial charge in [0, 0.05) is 42.7 Å². The summed E-state index contributed by atoms with van der Waals surface area (Å²) in [6.07, 6.45) is 0. The first-order valence-corrected chi connectivity index (χ1v) is 9.03. The van der Waals surface area contributed by atoms with Gasteiger partial charge in [-0.15, -0.1) is 0 Å². The van der Waals surface area contributed by atoms with Gasteiger partial charge in [0.2, 0.25) is 5.78 Å². The number of Topliss-reactive ketones (excluding diaryl/α,β-unsaturated/α-hetero) is 1. The number of ketones is 1. The fourth-order valence-electron chi connectivity index (χ4n) is 3.09. The van der Waals surface area contributed by atoms with E-state index < -0.39 is 5.97 Å². The van der Waals surface area contributed by atoms with Crippen molar-refractivity contribution in [3.63, 3.8) is 0 Å². The van der Waals surface area contributed by atoms with Crippen molar-refractivity contribution in [2.75, 3.05) is 41.7 Å². The van der Waals surface area contributed by atoms with E-state index in [4.69, 9.17) is 23.7 Å². The van der Waals surface area contributed by atoms with Crippen LogP contribution < -0.4 is 14.2 Å². The molecule has 0 aliphatic heterocycles. The van der Waals surface area contributed by atoms with Crippen LogP contribution in [-0.4, -0.2) is 58.0 Å². The summed E-state index contributed by atoms with van der Waals surface area (Å²) in [7, 11) is 6.00. The third kappa shape index (κ3) is 4.89. The van der Waals surface area contributed by atoms with Gasteiger partial charge in [-0.2, -0.15) is 0 Å². The minimum atomic E-state index is -0.690. The van der Waals surface area contributed by atoms with E-state index in [2.05, 4.69) is 0 Å². The van der Waals surface area contributed by atoms with Crippen molar-refractivity contribution in [1.82, 2.24) is 4.57 Å². The predicted molar refractivity (Wildman–Crippen MR) is 106 cm³/mol. The summed E-state index contributed by atoms with van der Waals surface area (Å²) in [5, 5.41) is 0. The standard InChI is InChI=1S/C21H27NO7/c1-13-9-15(14(2)22(13)7-8-25-3)17(23)12-29-21(24)16-10-19(27-5)20(28-6)11-18(16)26-4/h9-11H,7-8,12H2,1-6H3. The van der Waals surface area contributed by atoms with E-state index in [1.165, 1.54) is 33.5 Å². The van der Waals surface area contributed by atoms with Gasteiger partial charge in [-0.1, -0.05) is 0 Å². The SMILES string of the molecule is COCCn1c(C)cc(C(=O)COC(=O)c2cc(OC)c(OC)cc2OC)c1C. The average molecular weight is 405 g/mol. The van der Waals surface area contributed by atoms with Gasteiger partial charge < -0.3 is 28.3 Å². The Balaban J connectivity index is 2.16. The van der Waals surface area contributed by atoms with Gasteiger partial charge in [-0.25, -0.2) is 4.79 Å². The molecule has 0 amide bonds. The van der Waals surface area contributed by atoms with E-state index in [1.807, 2.05) is 18.4 Å². The lowest BCUT2D eigenvalue weighted by Gasteiger charge is -2.13. The Morgan fingerprint density at radius 2 is 1.48 bits per heavy atom. The van der Waals surface area contributed by atoms with Gasteiger partial charge in [0.05, 0.1) is 27.9 Å². The number of benzene rings is 1. The highest BCUT2D eigenvalue weighted by Gasteiger charge is 2.22. The summed E-state index contributed by atoms with van der Waals surface area (Å²) in [6, 6.07) is 4.78. The highest BCUT2D eigenvalue weighted by Crippen LogP contribution is 2.35. The number of nitrogens with zero attached hydrogens (tertiary/aromatic N) is 1. The Kier molecular flexibility index (Phi) is 7.67. The number of hydrogen-bond donors (Lipinski definition) is 0. The van der Waals surface area contributed by atoms with Gasteiger partial charge in [-0.3, -0.25) is 4.79 Å². The van der Waals surface area contributed by atoms with Crippen LogP contribution in [0.25, 0.3) is 0 Å². The van der Waals surface area contributed by atoms with E-state index in [-0.39, 0.29) is 23.7 Å². The Labute approximate surface area is 170 Å². The molecular formula is C21H27NO7. The molecule has 1 aromatic heterocycles. The van der Waals surface area contributed by atoms with Crippen LogP contribution in [0.4, 0.5) is 0 Å². The summed E-state index contributed by atoms with van der Waals surface area (Å²) < 4.78 is 28.0. The summed E-state index contributed by atoms with van der Waals surface area (Å²) in [6.45, 7) is 4.57. The number of esters is 1. The van der Waals surface area contributed by atoms with Gasteiger partial charge >= 0.3 is 5.97 Å². The molecule has 8 nitrogen and oxygen atoms in total. The van der Waals surface area contributed by atoms with Crippen molar-refractivity contribution in [2.24, 2.45) is 0 Å². The van der Waals surface area contributed by atoms with Crippen LogP contribution in [0.3, 0.4) is 0 Å². The number of rotatable bonds is 10.